The fourth-order valence-corrected chi connectivity index (χ4v) is 3.20. The number of amides is 1. The standard InChI is InChI=1S/C19H25N3O3/c1-14-7-5-8-16(13-14)24-12-4-3-10-18(23)22-11-6-9-17(22)19-20-15(2)25-21-19/h5,7-8,13,17H,3-4,6,9-12H2,1-2H3/t17-/m0/s1. The van der Waals surface area contributed by atoms with Crippen molar-refractivity contribution in [1.29, 1.82) is 0 Å². The Morgan fingerprint density at radius 3 is 3.00 bits per heavy atom. The highest BCUT2D eigenvalue weighted by atomic mass is 16.5. The van der Waals surface area contributed by atoms with Gasteiger partial charge in [0.25, 0.3) is 0 Å². The smallest absolute Gasteiger partial charge is 0.223 e. The van der Waals surface area contributed by atoms with Gasteiger partial charge in [-0.3, -0.25) is 4.79 Å². The minimum atomic E-state index is -0.0338. The van der Waals surface area contributed by atoms with Crippen molar-refractivity contribution < 1.29 is 14.1 Å². The van der Waals surface area contributed by atoms with E-state index in [1.54, 1.807) is 6.92 Å². The topological polar surface area (TPSA) is 68.5 Å². The molecule has 1 fully saturated rings. The Hall–Kier alpha value is -2.37. The van der Waals surface area contributed by atoms with Gasteiger partial charge in [0.15, 0.2) is 5.82 Å². The fraction of sp³-hybridized carbons (Fsp3) is 0.526. The molecule has 1 aliphatic heterocycles. The van der Waals surface area contributed by atoms with E-state index in [1.807, 2.05) is 36.1 Å². The molecule has 3 rings (SSSR count). The number of rotatable bonds is 7. The first-order valence-corrected chi connectivity index (χ1v) is 8.92. The molecular weight excluding hydrogens is 318 g/mol. The number of aryl methyl sites for hydroxylation is 2. The summed E-state index contributed by atoms with van der Waals surface area (Å²) in [4.78, 5) is 18.7. The van der Waals surface area contributed by atoms with E-state index in [4.69, 9.17) is 9.26 Å². The molecule has 1 saturated heterocycles. The minimum Gasteiger partial charge on any atom is -0.494 e. The van der Waals surface area contributed by atoms with Crippen molar-refractivity contribution >= 4 is 5.91 Å². The summed E-state index contributed by atoms with van der Waals surface area (Å²) in [5, 5.41) is 3.98. The Morgan fingerprint density at radius 2 is 2.24 bits per heavy atom. The van der Waals surface area contributed by atoms with Crippen LogP contribution < -0.4 is 4.74 Å². The van der Waals surface area contributed by atoms with E-state index in [0.29, 0.717) is 24.7 Å². The van der Waals surface area contributed by atoms with Crippen molar-refractivity contribution in [2.45, 2.75) is 52.0 Å². The van der Waals surface area contributed by atoms with Crippen molar-refractivity contribution in [3.8, 4) is 5.75 Å². The molecule has 1 aliphatic rings. The van der Waals surface area contributed by atoms with Crippen molar-refractivity contribution in [2.24, 2.45) is 0 Å². The Kier molecular flexibility index (Phi) is 5.68. The molecule has 6 heteroatoms. The number of benzene rings is 1. The van der Waals surface area contributed by atoms with E-state index in [1.165, 1.54) is 5.56 Å². The number of unbranched alkanes of at least 4 members (excludes halogenated alkanes) is 1. The van der Waals surface area contributed by atoms with Gasteiger partial charge < -0.3 is 14.2 Å². The van der Waals surface area contributed by atoms with Crippen molar-refractivity contribution in [3.05, 3.63) is 41.5 Å². The highest BCUT2D eigenvalue weighted by Gasteiger charge is 2.32. The molecule has 0 radical (unpaired) electrons. The van der Waals surface area contributed by atoms with E-state index >= 15 is 0 Å². The van der Waals surface area contributed by atoms with Crippen LogP contribution in [0.25, 0.3) is 0 Å². The van der Waals surface area contributed by atoms with Crippen LogP contribution in [0.15, 0.2) is 28.8 Å². The number of carbonyl (C=O) groups is 1. The third kappa shape index (κ3) is 4.59. The van der Waals surface area contributed by atoms with Gasteiger partial charge in [0, 0.05) is 19.9 Å². The Bertz CT molecular complexity index is 713. The first kappa shape index (κ1) is 17.5. The predicted molar refractivity (Wildman–Crippen MR) is 93.2 cm³/mol. The summed E-state index contributed by atoms with van der Waals surface area (Å²) in [6.07, 6.45) is 4.10. The van der Waals surface area contributed by atoms with Gasteiger partial charge in [-0.1, -0.05) is 17.3 Å². The lowest BCUT2D eigenvalue weighted by atomic mass is 10.2. The molecule has 134 valence electrons. The maximum absolute atomic E-state index is 12.5. The maximum atomic E-state index is 12.5. The largest absolute Gasteiger partial charge is 0.494 e. The second-order valence-corrected chi connectivity index (χ2v) is 6.54. The summed E-state index contributed by atoms with van der Waals surface area (Å²) in [6.45, 7) is 5.22. The van der Waals surface area contributed by atoms with Gasteiger partial charge in [0.05, 0.1) is 12.6 Å². The van der Waals surface area contributed by atoms with Crippen LogP contribution in [0.3, 0.4) is 0 Å². The van der Waals surface area contributed by atoms with Crippen LogP contribution in [0.5, 0.6) is 5.75 Å². The molecule has 25 heavy (non-hydrogen) atoms. The lowest BCUT2D eigenvalue weighted by molar-refractivity contribution is -0.132. The molecular formula is C19H25N3O3. The fourth-order valence-electron chi connectivity index (χ4n) is 3.20. The number of hydrogen-bond donors (Lipinski definition) is 0. The summed E-state index contributed by atoms with van der Waals surface area (Å²) in [6, 6.07) is 7.98. The summed E-state index contributed by atoms with van der Waals surface area (Å²) >= 11 is 0. The number of hydrogen-bond acceptors (Lipinski definition) is 5. The number of nitrogens with zero attached hydrogens (tertiary/aromatic N) is 3. The molecule has 1 amide bonds. The van der Waals surface area contributed by atoms with Crippen LogP contribution >= 0.6 is 0 Å². The Morgan fingerprint density at radius 1 is 1.36 bits per heavy atom. The van der Waals surface area contributed by atoms with Crippen LogP contribution in [0.4, 0.5) is 0 Å². The highest BCUT2D eigenvalue weighted by Crippen LogP contribution is 2.30. The molecule has 0 saturated carbocycles. The normalized spacial score (nSPS) is 17.0. The molecule has 2 aromatic rings. The third-order valence-electron chi connectivity index (χ3n) is 4.46. The SMILES string of the molecule is Cc1cccc(OCCCCC(=O)N2CCC[C@H]2c2noc(C)n2)c1. The lowest BCUT2D eigenvalue weighted by Gasteiger charge is -2.22. The molecule has 2 heterocycles. The molecule has 0 N–H and O–H groups in total. The summed E-state index contributed by atoms with van der Waals surface area (Å²) in [5.41, 5.74) is 1.18. The van der Waals surface area contributed by atoms with E-state index < -0.39 is 0 Å². The van der Waals surface area contributed by atoms with Gasteiger partial charge in [-0.15, -0.1) is 0 Å². The number of carbonyl (C=O) groups excluding carboxylic acids is 1. The first-order valence-electron chi connectivity index (χ1n) is 8.92. The lowest BCUT2D eigenvalue weighted by Crippen LogP contribution is -2.30. The third-order valence-corrected chi connectivity index (χ3v) is 4.46. The molecule has 0 aliphatic carbocycles. The van der Waals surface area contributed by atoms with Gasteiger partial charge in [0.1, 0.15) is 5.75 Å². The number of likely N-dealkylation sites (tertiary alicyclic amines) is 1. The van der Waals surface area contributed by atoms with E-state index in [9.17, 15) is 4.79 Å². The molecule has 1 aromatic carbocycles. The van der Waals surface area contributed by atoms with Crippen molar-refractivity contribution in [2.75, 3.05) is 13.2 Å². The van der Waals surface area contributed by atoms with E-state index in [-0.39, 0.29) is 11.9 Å². The molecule has 0 bridgehead atoms. The highest BCUT2D eigenvalue weighted by molar-refractivity contribution is 5.76. The van der Waals surface area contributed by atoms with E-state index in [0.717, 1.165) is 38.0 Å². The van der Waals surface area contributed by atoms with E-state index in [2.05, 4.69) is 10.1 Å². The van der Waals surface area contributed by atoms with Crippen LogP contribution in [-0.2, 0) is 4.79 Å². The molecule has 6 nitrogen and oxygen atoms in total. The molecule has 1 atom stereocenters. The summed E-state index contributed by atoms with van der Waals surface area (Å²) < 4.78 is 10.8. The number of aromatic nitrogens is 2. The molecule has 1 aromatic heterocycles. The quantitative estimate of drug-likeness (QED) is 0.719. The summed E-state index contributed by atoms with van der Waals surface area (Å²) in [7, 11) is 0. The first-order chi connectivity index (χ1) is 12.1. The zero-order chi connectivity index (χ0) is 17.6. The van der Waals surface area contributed by atoms with Crippen LogP contribution in [0.1, 0.15) is 55.4 Å². The monoisotopic (exact) mass is 343 g/mol. The minimum absolute atomic E-state index is 0.0338. The maximum Gasteiger partial charge on any atom is 0.223 e. The van der Waals surface area contributed by atoms with Crippen LogP contribution in [0, 0.1) is 13.8 Å². The second-order valence-electron chi connectivity index (χ2n) is 6.54. The average Bonchev–Trinajstić information content (AvgIpc) is 3.23. The molecule has 0 spiro atoms. The average molecular weight is 343 g/mol. The van der Waals surface area contributed by atoms with Crippen LogP contribution in [-0.4, -0.2) is 34.1 Å². The van der Waals surface area contributed by atoms with Gasteiger partial charge in [0.2, 0.25) is 11.8 Å². The van der Waals surface area contributed by atoms with Gasteiger partial charge in [-0.25, -0.2) is 0 Å². The van der Waals surface area contributed by atoms with Crippen molar-refractivity contribution in [1.82, 2.24) is 15.0 Å². The number of ether oxygens (including phenoxy) is 1. The zero-order valence-corrected chi connectivity index (χ0v) is 14.9. The van der Waals surface area contributed by atoms with Gasteiger partial charge >= 0.3 is 0 Å². The summed E-state index contributed by atoms with van der Waals surface area (Å²) in [5.74, 6) is 2.23. The zero-order valence-electron chi connectivity index (χ0n) is 14.9. The Labute approximate surface area is 148 Å². The van der Waals surface area contributed by atoms with Crippen LogP contribution in [0.2, 0.25) is 0 Å². The van der Waals surface area contributed by atoms with Gasteiger partial charge in [-0.05, 0) is 50.3 Å². The Balaban J connectivity index is 1.41. The second kappa shape index (κ2) is 8.14. The predicted octanol–water partition coefficient (Wildman–Crippen LogP) is 3.60. The molecule has 0 unspecified atom stereocenters. The van der Waals surface area contributed by atoms with Crippen molar-refractivity contribution in [3.63, 3.8) is 0 Å². The van der Waals surface area contributed by atoms with Gasteiger partial charge in [-0.2, -0.15) is 4.98 Å².